The number of nitrogens with zero attached hydrogens (tertiary/aromatic N) is 2. The molecule has 36 heavy (non-hydrogen) atoms. The van der Waals surface area contributed by atoms with E-state index in [1.165, 1.54) is 0 Å². The molecule has 2 amide bonds. The minimum Gasteiger partial charge on any atom is -0.497 e. The predicted octanol–water partition coefficient (Wildman–Crippen LogP) is 5.29. The van der Waals surface area contributed by atoms with Crippen LogP contribution in [0.1, 0.15) is 62.6 Å². The van der Waals surface area contributed by atoms with Gasteiger partial charge < -0.3 is 29.1 Å². The number of fused-ring (bicyclic) bond motifs is 1. The first kappa shape index (κ1) is 25.7. The van der Waals surface area contributed by atoms with E-state index in [1.54, 1.807) is 12.0 Å². The molecule has 0 saturated carbocycles. The van der Waals surface area contributed by atoms with E-state index in [1.807, 2.05) is 47.4 Å². The average Bonchev–Trinajstić information content (AvgIpc) is 3.53. The lowest BCUT2D eigenvalue weighted by Crippen LogP contribution is -2.44. The Kier molecular flexibility index (Phi) is 8.23. The van der Waals surface area contributed by atoms with E-state index in [0.717, 1.165) is 36.8 Å². The second kappa shape index (κ2) is 11.5. The minimum absolute atomic E-state index is 0.104. The second-order valence-electron chi connectivity index (χ2n) is 9.43. The molecule has 0 aromatic heterocycles. The lowest BCUT2D eigenvalue weighted by molar-refractivity contribution is -0.143. The lowest BCUT2D eigenvalue weighted by Gasteiger charge is -2.33. The number of carboxylic acid groups (broad SMARTS) is 1. The smallest absolute Gasteiger partial charge is 0.320 e. The fourth-order valence-corrected chi connectivity index (χ4v) is 5.18. The predicted molar refractivity (Wildman–Crippen MR) is 136 cm³/mol. The maximum Gasteiger partial charge on any atom is 0.320 e. The Hall–Kier alpha value is -3.42. The Balaban J connectivity index is 1.74. The quantitative estimate of drug-likeness (QED) is 0.481. The minimum atomic E-state index is -0.928. The molecule has 1 saturated heterocycles. The third-order valence-corrected chi connectivity index (χ3v) is 7.15. The Labute approximate surface area is 212 Å². The van der Waals surface area contributed by atoms with E-state index < -0.39 is 23.8 Å². The molecular weight excluding hydrogens is 460 g/mol. The van der Waals surface area contributed by atoms with Gasteiger partial charge in [-0.2, -0.15) is 0 Å². The van der Waals surface area contributed by atoms with Crippen molar-refractivity contribution in [3.05, 3.63) is 53.6 Å². The first-order valence-corrected chi connectivity index (χ1v) is 12.8. The van der Waals surface area contributed by atoms with Gasteiger partial charge in [0.1, 0.15) is 5.75 Å². The number of ether oxygens (including phenoxy) is 3. The standard InChI is InChI=1S/C28H36N2O6/c1-4-6-14-29(15-7-5-2)28(33)30-17-22(20-10-13-23-24(16-20)36-18-35-23)25(27(31)32)26(30)19-8-11-21(34-3)12-9-19/h8-13,16,22,25-26H,4-7,14-15,17-18H2,1-3H3,(H,31,32)/t22-,25+,26-/m1/s1. The van der Waals surface area contributed by atoms with Crippen molar-refractivity contribution in [1.29, 1.82) is 0 Å². The summed E-state index contributed by atoms with van der Waals surface area (Å²) in [6.07, 6.45) is 3.78. The molecule has 194 valence electrons. The summed E-state index contributed by atoms with van der Waals surface area (Å²) in [5, 5.41) is 10.5. The molecule has 2 aliphatic rings. The molecule has 8 nitrogen and oxygen atoms in total. The molecular formula is C28H36N2O6. The van der Waals surface area contributed by atoms with E-state index in [-0.39, 0.29) is 12.8 Å². The van der Waals surface area contributed by atoms with Gasteiger partial charge in [0, 0.05) is 25.6 Å². The fourth-order valence-electron chi connectivity index (χ4n) is 5.18. The van der Waals surface area contributed by atoms with Gasteiger partial charge >= 0.3 is 12.0 Å². The number of aliphatic carboxylic acids is 1. The van der Waals surface area contributed by atoms with Crippen LogP contribution in [0.2, 0.25) is 0 Å². The van der Waals surface area contributed by atoms with Crippen molar-refractivity contribution < 1.29 is 28.9 Å². The number of carboxylic acids is 1. The average molecular weight is 497 g/mol. The molecule has 0 unspecified atom stereocenters. The van der Waals surface area contributed by atoms with E-state index in [9.17, 15) is 14.7 Å². The van der Waals surface area contributed by atoms with Crippen LogP contribution in [-0.2, 0) is 4.79 Å². The van der Waals surface area contributed by atoms with Crippen molar-refractivity contribution in [3.63, 3.8) is 0 Å². The number of methoxy groups -OCH3 is 1. The second-order valence-corrected chi connectivity index (χ2v) is 9.43. The largest absolute Gasteiger partial charge is 0.497 e. The number of hydrogen-bond acceptors (Lipinski definition) is 5. The molecule has 0 radical (unpaired) electrons. The van der Waals surface area contributed by atoms with E-state index >= 15 is 0 Å². The summed E-state index contributed by atoms with van der Waals surface area (Å²) in [5.74, 6) is -0.207. The van der Waals surface area contributed by atoms with Crippen molar-refractivity contribution in [1.82, 2.24) is 9.80 Å². The van der Waals surface area contributed by atoms with Crippen LogP contribution in [0.15, 0.2) is 42.5 Å². The molecule has 2 aromatic rings. The Bertz CT molecular complexity index is 1050. The highest BCUT2D eigenvalue weighted by molar-refractivity contribution is 5.80. The van der Waals surface area contributed by atoms with Gasteiger partial charge in [0.05, 0.1) is 19.1 Å². The van der Waals surface area contributed by atoms with Crippen LogP contribution in [0.25, 0.3) is 0 Å². The molecule has 1 N–H and O–H groups in total. The molecule has 1 fully saturated rings. The highest BCUT2D eigenvalue weighted by Gasteiger charge is 2.50. The summed E-state index contributed by atoms with van der Waals surface area (Å²) in [7, 11) is 1.59. The topological polar surface area (TPSA) is 88.5 Å². The summed E-state index contributed by atoms with van der Waals surface area (Å²) in [6, 6.07) is 12.2. The first-order valence-electron chi connectivity index (χ1n) is 12.8. The monoisotopic (exact) mass is 496 g/mol. The maximum atomic E-state index is 14.0. The van der Waals surface area contributed by atoms with Crippen molar-refractivity contribution in [3.8, 4) is 17.2 Å². The molecule has 0 bridgehead atoms. The van der Waals surface area contributed by atoms with Crippen molar-refractivity contribution in [2.24, 2.45) is 5.92 Å². The summed E-state index contributed by atoms with van der Waals surface area (Å²) in [6.45, 7) is 5.99. The van der Waals surface area contributed by atoms with Gasteiger partial charge in [-0.1, -0.05) is 44.9 Å². The van der Waals surface area contributed by atoms with Gasteiger partial charge in [-0.05, 0) is 48.2 Å². The number of rotatable bonds is 10. The van der Waals surface area contributed by atoms with Crippen LogP contribution in [0.5, 0.6) is 17.2 Å². The molecule has 0 aliphatic carbocycles. The normalized spacial score (nSPS) is 20.4. The number of unbranched alkanes of at least 4 members (excludes halogenated alkanes) is 2. The Morgan fingerprint density at radius 1 is 1.00 bits per heavy atom. The molecule has 2 aliphatic heterocycles. The van der Waals surface area contributed by atoms with Crippen LogP contribution in [0, 0.1) is 5.92 Å². The number of hydrogen-bond donors (Lipinski definition) is 1. The summed E-state index contributed by atoms with van der Waals surface area (Å²) in [4.78, 5) is 30.4. The van der Waals surface area contributed by atoms with Crippen molar-refractivity contribution in [2.45, 2.75) is 51.5 Å². The highest BCUT2D eigenvalue weighted by Crippen LogP contribution is 2.48. The van der Waals surface area contributed by atoms with E-state index in [2.05, 4.69) is 13.8 Å². The first-order chi connectivity index (χ1) is 17.5. The number of urea groups is 1. The van der Waals surface area contributed by atoms with Gasteiger partial charge in [-0.25, -0.2) is 4.79 Å². The number of likely N-dealkylation sites (tertiary alicyclic amines) is 1. The van der Waals surface area contributed by atoms with Crippen LogP contribution in [0.3, 0.4) is 0 Å². The van der Waals surface area contributed by atoms with Crippen LogP contribution >= 0.6 is 0 Å². The molecule has 2 heterocycles. The third kappa shape index (κ3) is 5.22. The van der Waals surface area contributed by atoms with Crippen LogP contribution < -0.4 is 14.2 Å². The third-order valence-electron chi connectivity index (χ3n) is 7.15. The van der Waals surface area contributed by atoms with Crippen LogP contribution in [-0.4, -0.2) is 60.4 Å². The summed E-state index contributed by atoms with van der Waals surface area (Å²) >= 11 is 0. The number of carbonyl (C=O) groups excluding carboxylic acids is 1. The molecule has 3 atom stereocenters. The number of benzene rings is 2. The van der Waals surface area contributed by atoms with Crippen molar-refractivity contribution >= 4 is 12.0 Å². The Morgan fingerprint density at radius 3 is 2.25 bits per heavy atom. The zero-order chi connectivity index (χ0) is 25.7. The molecule has 4 rings (SSSR count). The maximum absolute atomic E-state index is 14.0. The fraction of sp³-hybridized carbons (Fsp3) is 0.500. The number of amides is 2. The Morgan fingerprint density at radius 2 is 1.64 bits per heavy atom. The highest BCUT2D eigenvalue weighted by atomic mass is 16.7. The summed E-state index contributed by atoms with van der Waals surface area (Å²) < 4.78 is 16.3. The van der Waals surface area contributed by atoms with Crippen LogP contribution in [0.4, 0.5) is 4.79 Å². The van der Waals surface area contributed by atoms with Gasteiger partial charge in [-0.15, -0.1) is 0 Å². The SMILES string of the molecule is CCCCN(CCCC)C(=O)N1C[C@H](c2ccc3c(c2)OCO3)[C@H](C(=O)O)[C@H]1c1ccc(OC)cc1. The molecule has 8 heteroatoms. The number of carbonyl (C=O) groups is 2. The zero-order valence-electron chi connectivity index (χ0n) is 21.3. The zero-order valence-corrected chi connectivity index (χ0v) is 21.3. The van der Waals surface area contributed by atoms with Gasteiger partial charge in [0.15, 0.2) is 11.5 Å². The molecule has 2 aromatic carbocycles. The lowest BCUT2D eigenvalue weighted by atomic mass is 9.83. The van der Waals surface area contributed by atoms with Gasteiger partial charge in [-0.3, -0.25) is 4.79 Å². The van der Waals surface area contributed by atoms with Crippen molar-refractivity contribution in [2.75, 3.05) is 33.5 Å². The van der Waals surface area contributed by atoms with Gasteiger partial charge in [0.25, 0.3) is 0 Å². The van der Waals surface area contributed by atoms with Gasteiger partial charge in [0.2, 0.25) is 6.79 Å². The van der Waals surface area contributed by atoms with E-state index in [4.69, 9.17) is 14.2 Å². The summed E-state index contributed by atoms with van der Waals surface area (Å²) in [5.41, 5.74) is 1.61. The van der Waals surface area contributed by atoms with E-state index in [0.29, 0.717) is 36.9 Å². The molecule has 0 spiro atoms.